The number of carbonyl (C=O) groups is 2. The molecular weight excluding hydrogens is 364 g/mol. The van der Waals surface area contributed by atoms with Gasteiger partial charge in [0.2, 0.25) is 5.91 Å². The van der Waals surface area contributed by atoms with Gasteiger partial charge in [-0.05, 0) is 56.2 Å². The van der Waals surface area contributed by atoms with E-state index in [2.05, 4.69) is 10.6 Å². The van der Waals surface area contributed by atoms with Gasteiger partial charge in [0.05, 0.1) is 17.9 Å². The van der Waals surface area contributed by atoms with Crippen LogP contribution in [0, 0.1) is 0 Å². The van der Waals surface area contributed by atoms with Gasteiger partial charge in [-0.1, -0.05) is 30.7 Å². The van der Waals surface area contributed by atoms with Crippen LogP contribution in [0.15, 0.2) is 48.5 Å². The monoisotopic (exact) mass is 388 g/mol. The molecule has 0 aromatic heterocycles. The molecule has 1 atom stereocenters. The molecule has 5 nitrogen and oxygen atoms in total. The summed E-state index contributed by atoms with van der Waals surface area (Å²) in [4.78, 5) is 24.6. The second-order valence-corrected chi connectivity index (χ2v) is 6.72. The first-order valence-electron chi connectivity index (χ1n) is 9.07. The third kappa shape index (κ3) is 6.94. The van der Waals surface area contributed by atoms with Crippen molar-refractivity contribution in [3.8, 4) is 5.75 Å². The van der Waals surface area contributed by atoms with Crippen LogP contribution in [0.1, 0.15) is 43.5 Å². The summed E-state index contributed by atoms with van der Waals surface area (Å²) < 4.78 is 5.58. The number of amides is 2. The van der Waals surface area contributed by atoms with Gasteiger partial charge in [-0.25, -0.2) is 0 Å². The van der Waals surface area contributed by atoms with Crippen molar-refractivity contribution in [2.24, 2.45) is 0 Å². The molecule has 0 aliphatic heterocycles. The molecule has 2 aromatic rings. The van der Waals surface area contributed by atoms with Crippen LogP contribution in [0.5, 0.6) is 5.75 Å². The maximum atomic E-state index is 12.4. The normalized spacial score (nSPS) is 11.5. The standard InChI is InChI=1S/C21H25ClN2O3/c1-3-15(2)23-21(26)18-7-4-5-8-19(18)24-20(25)9-6-14-27-17-12-10-16(22)11-13-17/h4-5,7-8,10-13,15H,3,6,9,14H2,1-2H3,(H,23,26)(H,24,25)/t15-/m1/s1. The SMILES string of the molecule is CC[C@@H](C)NC(=O)c1ccccc1NC(=O)CCCOc1ccc(Cl)cc1. The fraction of sp³-hybridized carbons (Fsp3) is 0.333. The fourth-order valence-corrected chi connectivity index (χ4v) is 2.49. The van der Waals surface area contributed by atoms with E-state index in [1.54, 1.807) is 48.5 Å². The van der Waals surface area contributed by atoms with E-state index in [1.165, 1.54) is 0 Å². The number of anilines is 1. The number of carbonyl (C=O) groups excluding carboxylic acids is 2. The first-order valence-corrected chi connectivity index (χ1v) is 9.45. The van der Waals surface area contributed by atoms with Crippen molar-refractivity contribution < 1.29 is 14.3 Å². The molecule has 27 heavy (non-hydrogen) atoms. The molecule has 6 heteroatoms. The molecule has 0 aliphatic carbocycles. The predicted octanol–water partition coefficient (Wildman–Crippen LogP) is 4.67. The van der Waals surface area contributed by atoms with E-state index >= 15 is 0 Å². The number of hydrogen-bond acceptors (Lipinski definition) is 3. The van der Waals surface area contributed by atoms with Crippen LogP contribution in [0.3, 0.4) is 0 Å². The molecule has 2 rings (SSSR count). The highest BCUT2D eigenvalue weighted by Gasteiger charge is 2.14. The minimum atomic E-state index is -0.189. The third-order valence-electron chi connectivity index (χ3n) is 4.07. The van der Waals surface area contributed by atoms with Gasteiger partial charge >= 0.3 is 0 Å². The second-order valence-electron chi connectivity index (χ2n) is 6.28. The van der Waals surface area contributed by atoms with E-state index in [9.17, 15) is 9.59 Å². The van der Waals surface area contributed by atoms with Crippen molar-refractivity contribution in [2.75, 3.05) is 11.9 Å². The van der Waals surface area contributed by atoms with Crippen molar-refractivity contribution in [2.45, 2.75) is 39.2 Å². The highest BCUT2D eigenvalue weighted by Crippen LogP contribution is 2.17. The Balaban J connectivity index is 1.83. The summed E-state index contributed by atoms with van der Waals surface area (Å²) in [7, 11) is 0. The smallest absolute Gasteiger partial charge is 0.253 e. The van der Waals surface area contributed by atoms with E-state index in [0.717, 1.165) is 6.42 Å². The summed E-state index contributed by atoms with van der Waals surface area (Å²) in [5.74, 6) is 0.372. The minimum Gasteiger partial charge on any atom is -0.494 e. The average Bonchev–Trinajstić information content (AvgIpc) is 2.67. The van der Waals surface area contributed by atoms with Crippen molar-refractivity contribution in [1.82, 2.24) is 5.32 Å². The topological polar surface area (TPSA) is 67.4 Å². The summed E-state index contributed by atoms with van der Waals surface area (Å²) in [5, 5.41) is 6.38. The Morgan fingerprint density at radius 1 is 1.11 bits per heavy atom. The van der Waals surface area contributed by atoms with Gasteiger partial charge < -0.3 is 15.4 Å². The van der Waals surface area contributed by atoms with E-state index in [1.807, 2.05) is 13.8 Å². The molecule has 0 spiro atoms. The molecule has 0 aliphatic rings. The number of para-hydroxylation sites is 1. The van der Waals surface area contributed by atoms with Crippen LogP contribution in [-0.2, 0) is 4.79 Å². The van der Waals surface area contributed by atoms with Gasteiger partial charge in [0, 0.05) is 17.5 Å². The maximum absolute atomic E-state index is 12.4. The molecule has 0 bridgehead atoms. The van der Waals surface area contributed by atoms with Crippen LogP contribution in [0.4, 0.5) is 5.69 Å². The number of benzene rings is 2. The van der Waals surface area contributed by atoms with Gasteiger partial charge in [0.15, 0.2) is 0 Å². The number of halogens is 1. The zero-order chi connectivity index (χ0) is 19.6. The number of nitrogens with one attached hydrogen (secondary N) is 2. The van der Waals surface area contributed by atoms with Crippen LogP contribution < -0.4 is 15.4 Å². The lowest BCUT2D eigenvalue weighted by Gasteiger charge is -2.14. The van der Waals surface area contributed by atoms with Crippen molar-refractivity contribution >= 4 is 29.1 Å². The second kappa shape index (κ2) is 10.6. The molecule has 0 heterocycles. The predicted molar refractivity (Wildman–Crippen MR) is 108 cm³/mol. The Hall–Kier alpha value is -2.53. The molecule has 2 amide bonds. The maximum Gasteiger partial charge on any atom is 0.253 e. The molecule has 0 unspecified atom stereocenters. The largest absolute Gasteiger partial charge is 0.494 e. The van der Waals surface area contributed by atoms with E-state index in [-0.39, 0.29) is 17.9 Å². The Morgan fingerprint density at radius 3 is 2.52 bits per heavy atom. The molecule has 0 radical (unpaired) electrons. The summed E-state index contributed by atoms with van der Waals surface area (Å²) in [5.41, 5.74) is 0.977. The highest BCUT2D eigenvalue weighted by atomic mass is 35.5. The number of ether oxygens (including phenoxy) is 1. The third-order valence-corrected chi connectivity index (χ3v) is 4.32. The fourth-order valence-electron chi connectivity index (χ4n) is 2.36. The summed E-state index contributed by atoms with van der Waals surface area (Å²) in [6, 6.07) is 14.2. The molecule has 144 valence electrons. The molecule has 2 N–H and O–H groups in total. The molecule has 0 saturated carbocycles. The van der Waals surface area contributed by atoms with Crippen LogP contribution in [0.25, 0.3) is 0 Å². The number of rotatable bonds is 9. The van der Waals surface area contributed by atoms with Gasteiger partial charge in [-0.15, -0.1) is 0 Å². The van der Waals surface area contributed by atoms with Crippen LogP contribution in [-0.4, -0.2) is 24.5 Å². The molecular formula is C21H25ClN2O3. The van der Waals surface area contributed by atoms with E-state index < -0.39 is 0 Å². The van der Waals surface area contributed by atoms with E-state index in [0.29, 0.717) is 41.5 Å². The van der Waals surface area contributed by atoms with Crippen LogP contribution >= 0.6 is 11.6 Å². The zero-order valence-electron chi connectivity index (χ0n) is 15.6. The van der Waals surface area contributed by atoms with Crippen molar-refractivity contribution in [3.63, 3.8) is 0 Å². The molecule has 0 saturated heterocycles. The lowest BCUT2D eigenvalue weighted by molar-refractivity contribution is -0.116. The highest BCUT2D eigenvalue weighted by molar-refractivity contribution is 6.30. The Labute approximate surface area is 165 Å². The first-order chi connectivity index (χ1) is 13.0. The van der Waals surface area contributed by atoms with Gasteiger partial charge in [-0.2, -0.15) is 0 Å². The minimum absolute atomic E-state index is 0.0753. The summed E-state index contributed by atoms with van der Waals surface area (Å²) in [6.07, 6.45) is 1.71. The summed E-state index contributed by atoms with van der Waals surface area (Å²) >= 11 is 5.83. The molecule has 0 fully saturated rings. The van der Waals surface area contributed by atoms with Crippen LogP contribution in [0.2, 0.25) is 5.02 Å². The van der Waals surface area contributed by atoms with Gasteiger partial charge in [0.1, 0.15) is 5.75 Å². The lowest BCUT2D eigenvalue weighted by Crippen LogP contribution is -2.32. The van der Waals surface area contributed by atoms with E-state index in [4.69, 9.17) is 16.3 Å². The Kier molecular flexibility index (Phi) is 8.14. The quantitative estimate of drug-likeness (QED) is 0.613. The zero-order valence-corrected chi connectivity index (χ0v) is 16.4. The van der Waals surface area contributed by atoms with Gasteiger partial charge in [-0.3, -0.25) is 9.59 Å². The molecule has 2 aromatic carbocycles. The van der Waals surface area contributed by atoms with Crippen molar-refractivity contribution in [3.05, 3.63) is 59.1 Å². The van der Waals surface area contributed by atoms with Gasteiger partial charge in [0.25, 0.3) is 5.91 Å². The van der Waals surface area contributed by atoms with Crippen molar-refractivity contribution in [1.29, 1.82) is 0 Å². The Morgan fingerprint density at radius 2 is 1.81 bits per heavy atom. The Bertz CT molecular complexity index is 762. The lowest BCUT2D eigenvalue weighted by atomic mass is 10.1. The number of hydrogen-bond donors (Lipinski definition) is 2. The average molecular weight is 389 g/mol. The summed E-state index contributed by atoms with van der Waals surface area (Å²) in [6.45, 7) is 4.37. The first kappa shape index (κ1) is 20.8.